The summed E-state index contributed by atoms with van der Waals surface area (Å²) in [5.41, 5.74) is 5.07. The lowest BCUT2D eigenvalue weighted by atomic mass is 10.1. The molecule has 0 saturated carbocycles. The number of aromatic nitrogens is 2. The van der Waals surface area contributed by atoms with E-state index in [1.165, 1.54) is 22.6 Å². The Morgan fingerprint density at radius 1 is 1.13 bits per heavy atom. The minimum absolute atomic E-state index is 0.111. The summed E-state index contributed by atoms with van der Waals surface area (Å²) in [4.78, 5) is 0. The summed E-state index contributed by atoms with van der Waals surface area (Å²) in [7, 11) is 1.62. The van der Waals surface area contributed by atoms with Gasteiger partial charge in [0.1, 0.15) is 11.4 Å². The first kappa shape index (κ1) is 21.5. The fourth-order valence-corrected chi connectivity index (χ4v) is 3.68. The number of benzene rings is 2. The number of nitrogens with one attached hydrogen (secondary N) is 3. The largest absolute Gasteiger partial charge is 0.497 e. The molecule has 0 amide bonds. The molecule has 0 aliphatic heterocycles. The van der Waals surface area contributed by atoms with E-state index in [9.17, 15) is 0 Å². The van der Waals surface area contributed by atoms with Crippen molar-refractivity contribution < 1.29 is 15.5 Å². The van der Waals surface area contributed by atoms with E-state index >= 15 is 0 Å². The Kier molecular flexibility index (Phi) is 6.81. The fourth-order valence-electron chi connectivity index (χ4n) is 2.85. The zero-order valence-electron chi connectivity index (χ0n) is 17.2. The zero-order chi connectivity index (χ0) is 21.7. The van der Waals surface area contributed by atoms with Gasteiger partial charge >= 0.3 is 0 Å². The zero-order valence-corrected chi connectivity index (χ0v) is 18.0. The number of aryl methyl sites for hydroxylation is 1. The van der Waals surface area contributed by atoms with E-state index in [-0.39, 0.29) is 16.3 Å². The number of methoxy groups -OCH3 is 1. The molecule has 1 aromatic heterocycles. The van der Waals surface area contributed by atoms with Gasteiger partial charge in [-0.05, 0) is 55.9 Å². The van der Waals surface area contributed by atoms with Crippen molar-refractivity contribution in [3.63, 3.8) is 0 Å². The van der Waals surface area contributed by atoms with Crippen LogP contribution in [0.4, 0.5) is 0 Å². The molecule has 154 valence electrons. The number of quaternary nitrogens is 1. The van der Waals surface area contributed by atoms with Crippen LogP contribution in [0.1, 0.15) is 23.7 Å². The summed E-state index contributed by atoms with van der Waals surface area (Å²) in [6.45, 7) is 3.98. The predicted octanol–water partition coefficient (Wildman–Crippen LogP) is 1.59. The third kappa shape index (κ3) is 5.22. The maximum atomic E-state index is 8.30. The summed E-state index contributed by atoms with van der Waals surface area (Å²) in [6, 6.07) is 17.4. The Labute approximate surface area is 179 Å². The van der Waals surface area contributed by atoms with Gasteiger partial charge < -0.3 is 4.74 Å². The first-order valence-corrected chi connectivity index (χ1v) is 10.3. The van der Waals surface area contributed by atoms with Gasteiger partial charge in [0.05, 0.1) is 18.1 Å². The number of H-pyrrole nitrogens is 1. The average molecular weight is 423 g/mol. The van der Waals surface area contributed by atoms with Crippen LogP contribution >= 0.6 is 11.8 Å². The van der Waals surface area contributed by atoms with Crippen LogP contribution in [0.3, 0.4) is 0 Å². The highest BCUT2D eigenvalue weighted by Crippen LogP contribution is 2.19. The summed E-state index contributed by atoms with van der Waals surface area (Å²) in [5.74, 6) is 0.972. The van der Waals surface area contributed by atoms with Crippen molar-refractivity contribution in [1.82, 2.24) is 10.2 Å². The van der Waals surface area contributed by atoms with Gasteiger partial charge in [0.25, 0.3) is 5.17 Å². The molecule has 0 spiro atoms. The molecule has 1 heterocycles. The van der Waals surface area contributed by atoms with Gasteiger partial charge in [-0.25, -0.2) is 16.1 Å². The van der Waals surface area contributed by atoms with Crippen LogP contribution in [0, 0.1) is 17.7 Å². The van der Waals surface area contributed by atoms with Crippen LogP contribution in [0.5, 0.6) is 5.75 Å². The number of rotatable bonds is 6. The minimum Gasteiger partial charge on any atom is -0.497 e. The molecule has 0 radical (unpaired) electrons. The van der Waals surface area contributed by atoms with E-state index in [2.05, 4.69) is 10.2 Å². The normalized spacial score (nSPS) is 11.7. The van der Waals surface area contributed by atoms with Crippen LogP contribution < -0.4 is 15.5 Å². The summed E-state index contributed by atoms with van der Waals surface area (Å²) >= 11 is 1.30. The van der Waals surface area contributed by atoms with E-state index in [4.69, 9.17) is 21.0 Å². The number of hydrogen-bond acceptors (Lipinski definition) is 5. The molecule has 3 aromatic rings. The number of hydrogen-bond donors (Lipinski definition) is 5. The molecule has 3 rings (SSSR count). The maximum absolute atomic E-state index is 8.30. The van der Waals surface area contributed by atoms with Gasteiger partial charge in [0.15, 0.2) is 5.71 Å². The summed E-state index contributed by atoms with van der Waals surface area (Å²) in [5, 5.41) is 31.7. The van der Waals surface area contributed by atoms with Crippen molar-refractivity contribution in [3.05, 3.63) is 71.4 Å². The van der Waals surface area contributed by atoms with E-state index < -0.39 is 0 Å². The number of nitrogens with two attached hydrogens (primary N) is 2. The molecule has 0 bridgehead atoms. The quantitative estimate of drug-likeness (QED) is 0.306. The minimum atomic E-state index is -0.111. The molecule has 0 fully saturated rings. The lowest BCUT2D eigenvalue weighted by Gasteiger charge is -2.08. The topological polar surface area (TPSA) is 128 Å². The van der Waals surface area contributed by atoms with E-state index in [1.54, 1.807) is 7.11 Å². The second kappa shape index (κ2) is 9.51. The van der Waals surface area contributed by atoms with Crippen molar-refractivity contribution in [3.8, 4) is 17.0 Å². The van der Waals surface area contributed by atoms with Crippen LogP contribution in [0.25, 0.3) is 11.3 Å². The molecule has 2 aromatic carbocycles. The standard InChI is InChI=1S/C22H24N6OS/c1-13-4-6-15(7-5-13)18-12-19(28-27-18)21(24)26-22(25)30-14(2)20(23)16-8-10-17(29-3)11-9-16/h4-12,14,23H,1-3H3,(H,27,28)(H3,24,25,26)/p+2. The smallest absolute Gasteiger partial charge is 0.260 e. The van der Waals surface area contributed by atoms with Gasteiger partial charge in [0.2, 0.25) is 5.84 Å². The highest BCUT2D eigenvalue weighted by Gasteiger charge is 2.23. The van der Waals surface area contributed by atoms with Crippen LogP contribution in [-0.2, 0) is 0 Å². The SMILES string of the molecule is COc1ccc(C(=[NH2+])C(C)SC(=N)[NH2+]C(=N)c2cc(-c3ccc(C)cc3)n[nH]2)cc1. The molecular formula is C22H26N6OS+2. The lowest BCUT2D eigenvalue weighted by molar-refractivity contribution is -0.402. The van der Waals surface area contributed by atoms with Gasteiger partial charge in [-0.15, -0.1) is 0 Å². The summed E-state index contributed by atoms with van der Waals surface area (Å²) in [6.07, 6.45) is 0. The van der Waals surface area contributed by atoms with Crippen molar-refractivity contribution in [1.29, 1.82) is 10.8 Å². The van der Waals surface area contributed by atoms with Crippen molar-refractivity contribution in [2.24, 2.45) is 0 Å². The molecule has 1 atom stereocenters. The number of thioether (sulfide) groups is 1. The first-order chi connectivity index (χ1) is 14.4. The molecular weight excluding hydrogens is 396 g/mol. The van der Waals surface area contributed by atoms with Crippen molar-refractivity contribution in [2.75, 3.05) is 7.11 Å². The molecule has 0 aliphatic rings. The number of nitrogens with zero attached hydrogens (tertiary/aromatic N) is 1. The number of ether oxygens (including phenoxy) is 1. The van der Waals surface area contributed by atoms with Crippen LogP contribution in [0.15, 0.2) is 54.6 Å². The molecule has 8 heteroatoms. The Hall–Kier alpha value is -3.23. The molecule has 1 unspecified atom stereocenters. The Balaban J connectivity index is 1.58. The highest BCUT2D eigenvalue weighted by molar-refractivity contribution is 8.14. The number of nitrogen functional groups attached to an aromatic ring is 1. The molecule has 0 aliphatic carbocycles. The van der Waals surface area contributed by atoms with Gasteiger partial charge in [0, 0.05) is 11.1 Å². The average Bonchev–Trinajstić information content (AvgIpc) is 3.24. The number of aromatic amines is 1. The van der Waals surface area contributed by atoms with E-state index in [0.717, 1.165) is 22.6 Å². The van der Waals surface area contributed by atoms with Crippen LogP contribution in [-0.4, -0.2) is 39.3 Å². The second-order valence-electron chi connectivity index (χ2n) is 6.90. The third-order valence-corrected chi connectivity index (χ3v) is 5.64. The Bertz CT molecular complexity index is 1060. The second-order valence-corrected chi connectivity index (χ2v) is 8.28. The lowest BCUT2D eigenvalue weighted by Crippen LogP contribution is -2.90. The molecule has 30 heavy (non-hydrogen) atoms. The Morgan fingerprint density at radius 3 is 2.43 bits per heavy atom. The molecule has 7 N–H and O–H groups in total. The molecule has 7 nitrogen and oxygen atoms in total. The van der Waals surface area contributed by atoms with Gasteiger partial charge in [-0.3, -0.25) is 10.5 Å². The van der Waals surface area contributed by atoms with Gasteiger partial charge in [-0.1, -0.05) is 29.8 Å². The maximum Gasteiger partial charge on any atom is 0.260 e. The van der Waals surface area contributed by atoms with Crippen molar-refractivity contribution in [2.45, 2.75) is 19.1 Å². The van der Waals surface area contributed by atoms with E-state index in [1.807, 2.05) is 68.4 Å². The monoisotopic (exact) mass is 422 g/mol. The van der Waals surface area contributed by atoms with Crippen LogP contribution in [0.2, 0.25) is 0 Å². The van der Waals surface area contributed by atoms with Crippen molar-refractivity contribution >= 4 is 28.5 Å². The number of amidine groups is 2. The van der Waals surface area contributed by atoms with Gasteiger partial charge in [-0.2, -0.15) is 5.10 Å². The Morgan fingerprint density at radius 2 is 1.80 bits per heavy atom. The molecule has 0 saturated heterocycles. The fraction of sp³-hybridized carbons (Fsp3) is 0.182. The highest BCUT2D eigenvalue weighted by atomic mass is 32.2. The van der Waals surface area contributed by atoms with E-state index in [0.29, 0.717) is 11.4 Å². The predicted molar refractivity (Wildman–Crippen MR) is 121 cm³/mol. The first-order valence-electron chi connectivity index (χ1n) is 9.45. The summed E-state index contributed by atoms with van der Waals surface area (Å²) < 4.78 is 5.17. The third-order valence-electron chi connectivity index (χ3n) is 4.66.